The standard InChI is InChI=1S/C15H23NO4/c1-15(2,3)14(18)20-10-19-12-7-5-6-11(8-12)13(17)9-16-4/h5-8,13,16-17H,9-10H2,1-4H3. The Morgan fingerprint density at radius 2 is 2.10 bits per heavy atom. The second-order valence-electron chi connectivity index (χ2n) is 5.59. The minimum absolute atomic E-state index is 0.137. The van der Waals surface area contributed by atoms with Crippen LogP contribution in [0.1, 0.15) is 32.4 Å². The Hall–Kier alpha value is -1.59. The Labute approximate surface area is 119 Å². The lowest BCUT2D eigenvalue weighted by molar-refractivity contribution is -0.159. The van der Waals surface area contributed by atoms with Gasteiger partial charge in [0.25, 0.3) is 0 Å². The molecule has 2 N–H and O–H groups in total. The van der Waals surface area contributed by atoms with E-state index >= 15 is 0 Å². The van der Waals surface area contributed by atoms with E-state index in [4.69, 9.17) is 9.47 Å². The topological polar surface area (TPSA) is 67.8 Å². The van der Waals surface area contributed by atoms with Crippen LogP contribution in [-0.4, -0.2) is 31.5 Å². The molecule has 5 heteroatoms. The lowest BCUT2D eigenvalue weighted by Crippen LogP contribution is -2.24. The summed E-state index contributed by atoms with van der Waals surface area (Å²) in [4.78, 5) is 11.6. The second kappa shape index (κ2) is 7.26. The molecule has 0 amide bonds. The molecule has 5 nitrogen and oxygen atoms in total. The third-order valence-corrected chi connectivity index (χ3v) is 2.67. The second-order valence-corrected chi connectivity index (χ2v) is 5.59. The largest absolute Gasteiger partial charge is 0.457 e. The van der Waals surface area contributed by atoms with E-state index in [9.17, 15) is 9.90 Å². The van der Waals surface area contributed by atoms with Crippen LogP contribution in [0.25, 0.3) is 0 Å². The van der Waals surface area contributed by atoms with Gasteiger partial charge >= 0.3 is 5.97 Å². The number of carbonyl (C=O) groups is 1. The number of rotatable bonds is 6. The van der Waals surface area contributed by atoms with E-state index in [2.05, 4.69) is 5.32 Å². The number of nitrogens with one attached hydrogen (secondary N) is 1. The molecule has 0 aliphatic heterocycles. The summed E-state index contributed by atoms with van der Waals surface area (Å²) < 4.78 is 10.4. The molecular formula is C15H23NO4. The predicted molar refractivity (Wildman–Crippen MR) is 76.4 cm³/mol. The smallest absolute Gasteiger partial charge is 0.314 e. The normalized spacial score (nSPS) is 12.8. The Balaban J connectivity index is 2.53. The first-order valence-electron chi connectivity index (χ1n) is 6.57. The van der Waals surface area contributed by atoms with Crippen LogP contribution in [0.4, 0.5) is 0 Å². The Bertz CT molecular complexity index is 440. The first-order valence-corrected chi connectivity index (χ1v) is 6.57. The van der Waals surface area contributed by atoms with Crippen molar-refractivity contribution in [3.8, 4) is 5.75 Å². The summed E-state index contributed by atoms with van der Waals surface area (Å²) in [7, 11) is 1.77. The summed E-state index contributed by atoms with van der Waals surface area (Å²) in [5, 5.41) is 12.8. The van der Waals surface area contributed by atoms with E-state index in [-0.39, 0.29) is 12.8 Å². The zero-order chi connectivity index (χ0) is 15.2. The Morgan fingerprint density at radius 3 is 2.70 bits per heavy atom. The van der Waals surface area contributed by atoms with Gasteiger partial charge in [0.15, 0.2) is 0 Å². The zero-order valence-electron chi connectivity index (χ0n) is 12.5. The van der Waals surface area contributed by atoms with Gasteiger partial charge in [-0.25, -0.2) is 0 Å². The fourth-order valence-corrected chi connectivity index (χ4v) is 1.49. The maximum atomic E-state index is 11.6. The van der Waals surface area contributed by atoms with Crippen molar-refractivity contribution in [3.63, 3.8) is 0 Å². The number of aliphatic hydroxyl groups excluding tert-OH is 1. The van der Waals surface area contributed by atoms with Crippen LogP contribution >= 0.6 is 0 Å². The number of ether oxygens (including phenoxy) is 2. The van der Waals surface area contributed by atoms with E-state index < -0.39 is 11.5 Å². The number of carbonyl (C=O) groups excluding carboxylic acids is 1. The third kappa shape index (κ3) is 5.19. The van der Waals surface area contributed by atoms with Crippen LogP contribution in [0.2, 0.25) is 0 Å². The number of aliphatic hydroxyl groups is 1. The van der Waals surface area contributed by atoms with Gasteiger partial charge in [-0.15, -0.1) is 0 Å². The highest BCUT2D eigenvalue weighted by atomic mass is 16.7. The van der Waals surface area contributed by atoms with Crippen molar-refractivity contribution in [3.05, 3.63) is 29.8 Å². The monoisotopic (exact) mass is 281 g/mol. The molecule has 0 fully saturated rings. The van der Waals surface area contributed by atoms with Gasteiger partial charge in [0.2, 0.25) is 6.79 Å². The fourth-order valence-electron chi connectivity index (χ4n) is 1.49. The molecule has 1 rings (SSSR count). The molecule has 1 aromatic carbocycles. The van der Waals surface area contributed by atoms with Gasteiger partial charge in [-0.2, -0.15) is 0 Å². The molecule has 112 valence electrons. The van der Waals surface area contributed by atoms with Gasteiger partial charge in [-0.1, -0.05) is 12.1 Å². The highest BCUT2D eigenvalue weighted by Gasteiger charge is 2.23. The average Bonchev–Trinajstić information content (AvgIpc) is 2.38. The summed E-state index contributed by atoms with van der Waals surface area (Å²) in [6.45, 7) is 5.67. The molecule has 0 saturated carbocycles. The molecule has 1 unspecified atom stereocenters. The van der Waals surface area contributed by atoms with Crippen molar-refractivity contribution >= 4 is 5.97 Å². The Kier molecular flexibility index (Phi) is 5.98. The molecular weight excluding hydrogens is 258 g/mol. The van der Waals surface area contributed by atoms with Gasteiger partial charge < -0.3 is 19.9 Å². The van der Waals surface area contributed by atoms with E-state index in [1.54, 1.807) is 46.0 Å². The number of hydrogen-bond donors (Lipinski definition) is 2. The van der Waals surface area contributed by atoms with Crippen molar-refractivity contribution in [1.29, 1.82) is 0 Å². The summed E-state index contributed by atoms with van der Waals surface area (Å²) in [6, 6.07) is 7.08. The highest BCUT2D eigenvalue weighted by molar-refractivity contribution is 5.75. The van der Waals surface area contributed by atoms with Gasteiger partial charge in [0, 0.05) is 6.54 Å². The van der Waals surface area contributed by atoms with Crippen LogP contribution < -0.4 is 10.1 Å². The highest BCUT2D eigenvalue weighted by Crippen LogP contribution is 2.20. The van der Waals surface area contributed by atoms with Crippen molar-refractivity contribution in [2.75, 3.05) is 20.4 Å². The lowest BCUT2D eigenvalue weighted by atomic mass is 9.98. The number of likely N-dealkylation sites (N-methyl/N-ethyl adjacent to an activating group) is 1. The summed E-state index contributed by atoms with van der Waals surface area (Å²) in [5.41, 5.74) is 0.202. The molecule has 0 saturated heterocycles. The maximum absolute atomic E-state index is 11.6. The summed E-state index contributed by atoms with van der Waals surface area (Å²) in [6.07, 6.45) is -0.597. The number of esters is 1. The summed E-state index contributed by atoms with van der Waals surface area (Å²) in [5.74, 6) is 0.239. The van der Waals surface area contributed by atoms with E-state index in [1.165, 1.54) is 0 Å². The molecule has 0 radical (unpaired) electrons. The minimum atomic E-state index is -0.597. The van der Waals surface area contributed by atoms with E-state index in [0.717, 1.165) is 5.56 Å². The first kappa shape index (κ1) is 16.5. The van der Waals surface area contributed by atoms with Crippen LogP contribution in [0.3, 0.4) is 0 Å². The molecule has 0 heterocycles. The molecule has 0 bridgehead atoms. The van der Waals surface area contributed by atoms with Crippen LogP contribution in [0.5, 0.6) is 5.75 Å². The SMILES string of the molecule is CNCC(O)c1cccc(OCOC(=O)C(C)(C)C)c1. The average molecular weight is 281 g/mol. The fraction of sp³-hybridized carbons (Fsp3) is 0.533. The Morgan fingerprint density at radius 1 is 1.40 bits per heavy atom. The number of benzene rings is 1. The van der Waals surface area contributed by atoms with Crippen molar-refractivity contribution in [1.82, 2.24) is 5.32 Å². The molecule has 0 aliphatic rings. The van der Waals surface area contributed by atoms with Crippen LogP contribution in [-0.2, 0) is 9.53 Å². The van der Waals surface area contributed by atoms with E-state index in [1.807, 2.05) is 6.07 Å². The molecule has 20 heavy (non-hydrogen) atoms. The van der Waals surface area contributed by atoms with Gasteiger partial charge in [0.1, 0.15) is 5.75 Å². The predicted octanol–water partition coefficient (Wildman–Crippen LogP) is 1.87. The first-order chi connectivity index (χ1) is 9.34. The molecule has 0 spiro atoms. The van der Waals surface area contributed by atoms with E-state index in [0.29, 0.717) is 12.3 Å². The van der Waals surface area contributed by atoms with Gasteiger partial charge in [-0.3, -0.25) is 4.79 Å². The van der Waals surface area contributed by atoms with Crippen molar-refractivity contribution in [2.45, 2.75) is 26.9 Å². The minimum Gasteiger partial charge on any atom is -0.457 e. The quantitative estimate of drug-likeness (QED) is 0.615. The molecule has 1 aromatic rings. The van der Waals surface area contributed by atoms with Crippen LogP contribution in [0.15, 0.2) is 24.3 Å². The number of hydrogen-bond acceptors (Lipinski definition) is 5. The van der Waals surface area contributed by atoms with Crippen LogP contribution in [0, 0.1) is 5.41 Å². The van der Waals surface area contributed by atoms with Crippen molar-refractivity contribution < 1.29 is 19.4 Å². The van der Waals surface area contributed by atoms with Gasteiger partial charge in [0.05, 0.1) is 11.5 Å². The molecule has 0 aliphatic carbocycles. The summed E-state index contributed by atoms with van der Waals surface area (Å²) >= 11 is 0. The molecule has 0 aromatic heterocycles. The van der Waals surface area contributed by atoms with Gasteiger partial charge in [-0.05, 0) is 45.5 Å². The molecule has 1 atom stereocenters. The third-order valence-electron chi connectivity index (χ3n) is 2.67. The lowest BCUT2D eigenvalue weighted by Gasteiger charge is -2.17. The zero-order valence-corrected chi connectivity index (χ0v) is 12.5. The maximum Gasteiger partial charge on any atom is 0.314 e. The van der Waals surface area contributed by atoms with Crippen molar-refractivity contribution in [2.24, 2.45) is 5.41 Å².